The lowest BCUT2D eigenvalue weighted by Crippen LogP contribution is -2.45. The number of nitrogens with one attached hydrogen (secondary N) is 1. The van der Waals surface area contributed by atoms with E-state index in [1.54, 1.807) is 26.8 Å². The maximum Gasteiger partial charge on any atom is 0.407 e. The van der Waals surface area contributed by atoms with E-state index in [0.717, 1.165) is 12.8 Å². The van der Waals surface area contributed by atoms with Crippen molar-refractivity contribution in [3.05, 3.63) is 12.2 Å². The zero-order valence-corrected chi connectivity index (χ0v) is 19.4. The van der Waals surface area contributed by atoms with Gasteiger partial charge in [0.2, 0.25) is 0 Å². The highest BCUT2D eigenvalue weighted by Gasteiger charge is 2.22. The van der Waals surface area contributed by atoms with Crippen molar-refractivity contribution in [2.45, 2.75) is 129 Å². The first kappa shape index (κ1) is 27.9. The van der Waals surface area contributed by atoms with Crippen molar-refractivity contribution in [3.8, 4) is 0 Å². The largest absolute Gasteiger partial charge is 0.444 e. The highest BCUT2D eigenvalue weighted by atomic mass is 16.6. The van der Waals surface area contributed by atoms with Gasteiger partial charge >= 0.3 is 6.09 Å². The molecular formula is C24H47NO4. The molecule has 0 heterocycles. The van der Waals surface area contributed by atoms with Crippen molar-refractivity contribution in [2.24, 2.45) is 0 Å². The normalized spacial score (nSPS) is 14.1. The Hall–Kier alpha value is -1.07. The Morgan fingerprint density at radius 3 is 1.97 bits per heavy atom. The van der Waals surface area contributed by atoms with Gasteiger partial charge in [0.1, 0.15) is 5.60 Å². The van der Waals surface area contributed by atoms with E-state index in [0.29, 0.717) is 0 Å². The zero-order valence-electron chi connectivity index (χ0n) is 19.4. The molecule has 0 aromatic heterocycles. The summed E-state index contributed by atoms with van der Waals surface area (Å²) in [5.41, 5.74) is -0.594. The molecule has 0 unspecified atom stereocenters. The van der Waals surface area contributed by atoms with Crippen molar-refractivity contribution in [1.29, 1.82) is 0 Å². The molecule has 0 fully saturated rings. The number of aliphatic hydroxyl groups is 2. The Labute approximate surface area is 179 Å². The lowest BCUT2D eigenvalue weighted by Gasteiger charge is -2.25. The summed E-state index contributed by atoms with van der Waals surface area (Å²) in [6.07, 6.45) is 18.0. The Bertz CT molecular complexity index is 418. The van der Waals surface area contributed by atoms with Crippen molar-refractivity contribution < 1.29 is 19.7 Å². The molecule has 0 aromatic carbocycles. The first-order valence-corrected chi connectivity index (χ1v) is 11.7. The molecule has 2 atom stereocenters. The Morgan fingerprint density at radius 1 is 0.966 bits per heavy atom. The second kappa shape index (κ2) is 17.8. The number of hydrogen-bond donors (Lipinski definition) is 3. The summed E-state index contributed by atoms with van der Waals surface area (Å²) in [4.78, 5) is 11.9. The lowest BCUT2D eigenvalue weighted by atomic mass is 10.0. The number of carbonyl (C=O) groups is 1. The van der Waals surface area contributed by atoms with Crippen LogP contribution in [0.1, 0.15) is 111 Å². The van der Waals surface area contributed by atoms with Crippen LogP contribution in [0.4, 0.5) is 4.79 Å². The van der Waals surface area contributed by atoms with Gasteiger partial charge < -0.3 is 20.3 Å². The van der Waals surface area contributed by atoms with Gasteiger partial charge in [-0.3, -0.25) is 0 Å². The molecule has 0 aromatic rings. The zero-order chi connectivity index (χ0) is 22.0. The van der Waals surface area contributed by atoms with Crippen molar-refractivity contribution in [2.75, 3.05) is 6.61 Å². The maximum absolute atomic E-state index is 11.9. The van der Waals surface area contributed by atoms with Crippen molar-refractivity contribution >= 4 is 6.09 Å². The Morgan fingerprint density at radius 2 is 1.48 bits per heavy atom. The van der Waals surface area contributed by atoms with Gasteiger partial charge in [0, 0.05) is 6.61 Å². The monoisotopic (exact) mass is 413 g/mol. The fraction of sp³-hybridized carbons (Fsp3) is 0.875. The number of ether oxygens (including phenoxy) is 1. The van der Waals surface area contributed by atoms with Crippen LogP contribution in [-0.2, 0) is 4.74 Å². The van der Waals surface area contributed by atoms with Gasteiger partial charge in [0.05, 0.1) is 12.1 Å². The average molecular weight is 414 g/mol. The summed E-state index contributed by atoms with van der Waals surface area (Å²) in [6, 6.07) is -0.552. The fourth-order valence-electron chi connectivity index (χ4n) is 3.22. The number of unbranched alkanes of at least 4 members (excludes halogenated alkanes) is 11. The smallest absolute Gasteiger partial charge is 0.407 e. The molecule has 0 aliphatic heterocycles. The molecule has 0 bridgehead atoms. The number of amides is 1. The van der Waals surface area contributed by atoms with Gasteiger partial charge in [-0.05, 0) is 40.0 Å². The van der Waals surface area contributed by atoms with E-state index in [-0.39, 0.29) is 13.0 Å². The van der Waals surface area contributed by atoms with Crippen LogP contribution in [-0.4, -0.2) is 40.7 Å². The first-order valence-electron chi connectivity index (χ1n) is 11.7. The number of aliphatic hydroxyl groups excluding tert-OH is 2. The fourth-order valence-corrected chi connectivity index (χ4v) is 3.22. The number of alkyl carbamates (subject to hydrolysis) is 1. The van der Waals surface area contributed by atoms with Crippen LogP contribution >= 0.6 is 0 Å². The van der Waals surface area contributed by atoms with E-state index in [1.807, 2.05) is 6.08 Å². The molecule has 5 nitrogen and oxygen atoms in total. The minimum absolute atomic E-state index is 0.107. The van der Waals surface area contributed by atoms with E-state index >= 15 is 0 Å². The minimum Gasteiger partial charge on any atom is -0.444 e. The van der Waals surface area contributed by atoms with Crippen LogP contribution < -0.4 is 5.32 Å². The summed E-state index contributed by atoms with van der Waals surface area (Å²) in [6.45, 7) is 7.51. The summed E-state index contributed by atoms with van der Waals surface area (Å²) in [5, 5.41) is 22.1. The average Bonchev–Trinajstić information content (AvgIpc) is 2.63. The third-order valence-corrected chi connectivity index (χ3v) is 4.86. The summed E-state index contributed by atoms with van der Waals surface area (Å²) in [7, 11) is 0. The van der Waals surface area contributed by atoms with Crippen LogP contribution in [0, 0.1) is 0 Å². The van der Waals surface area contributed by atoms with E-state index in [4.69, 9.17) is 4.74 Å². The Kier molecular flexibility index (Phi) is 17.1. The molecular weight excluding hydrogens is 366 g/mol. The van der Waals surface area contributed by atoms with E-state index < -0.39 is 23.8 Å². The molecule has 0 spiro atoms. The highest BCUT2D eigenvalue weighted by Crippen LogP contribution is 2.13. The SMILES string of the molecule is CCCCCCCCCCCCC/C=C/[C@@H](O)[C@H](CCO)NC(=O)OC(C)(C)C. The van der Waals surface area contributed by atoms with Gasteiger partial charge in [-0.1, -0.05) is 83.3 Å². The molecule has 3 N–H and O–H groups in total. The van der Waals surface area contributed by atoms with Gasteiger partial charge in [0.15, 0.2) is 0 Å². The predicted molar refractivity (Wildman–Crippen MR) is 121 cm³/mol. The van der Waals surface area contributed by atoms with Crippen LogP contribution in [0.5, 0.6) is 0 Å². The summed E-state index contributed by atoms with van der Waals surface area (Å²) < 4.78 is 5.22. The molecule has 1 amide bonds. The lowest BCUT2D eigenvalue weighted by molar-refractivity contribution is 0.0438. The molecule has 0 saturated carbocycles. The predicted octanol–water partition coefficient (Wildman–Crippen LogP) is 5.88. The molecule has 0 aliphatic carbocycles. The summed E-state index contributed by atoms with van der Waals surface area (Å²) in [5.74, 6) is 0. The van der Waals surface area contributed by atoms with Gasteiger partial charge in [-0.2, -0.15) is 0 Å². The Balaban J connectivity index is 3.87. The molecule has 0 rings (SSSR count). The highest BCUT2D eigenvalue weighted by molar-refractivity contribution is 5.68. The van der Waals surface area contributed by atoms with Gasteiger partial charge in [-0.15, -0.1) is 0 Å². The molecule has 29 heavy (non-hydrogen) atoms. The quantitative estimate of drug-likeness (QED) is 0.205. The maximum atomic E-state index is 11.9. The number of allylic oxidation sites excluding steroid dienone is 1. The number of rotatable bonds is 17. The number of carbonyl (C=O) groups excluding carboxylic acids is 1. The second-order valence-electron chi connectivity index (χ2n) is 9.01. The van der Waals surface area contributed by atoms with Crippen molar-refractivity contribution in [3.63, 3.8) is 0 Å². The molecule has 0 aliphatic rings. The van der Waals surface area contributed by atoms with Crippen LogP contribution in [0.2, 0.25) is 0 Å². The topological polar surface area (TPSA) is 78.8 Å². The third-order valence-electron chi connectivity index (χ3n) is 4.86. The summed E-state index contributed by atoms with van der Waals surface area (Å²) >= 11 is 0. The van der Waals surface area contributed by atoms with Gasteiger partial charge in [0.25, 0.3) is 0 Å². The number of hydrogen-bond acceptors (Lipinski definition) is 4. The molecule has 0 saturated heterocycles. The third kappa shape index (κ3) is 18.7. The van der Waals surface area contributed by atoms with Gasteiger partial charge in [-0.25, -0.2) is 4.79 Å². The minimum atomic E-state index is -0.831. The van der Waals surface area contributed by atoms with E-state index in [1.165, 1.54) is 64.2 Å². The molecule has 0 radical (unpaired) electrons. The van der Waals surface area contributed by atoms with Crippen molar-refractivity contribution in [1.82, 2.24) is 5.32 Å². The van der Waals surface area contributed by atoms with E-state index in [9.17, 15) is 15.0 Å². The van der Waals surface area contributed by atoms with Crippen LogP contribution in [0.25, 0.3) is 0 Å². The molecule has 172 valence electrons. The standard InChI is InChI=1S/C24H47NO4/c1-5-6-7-8-9-10-11-12-13-14-15-16-17-18-22(27)21(19-20-26)25-23(28)29-24(2,3)4/h17-18,21-22,26-27H,5-16,19-20H2,1-4H3,(H,25,28)/b18-17+/t21-,22+/m0/s1. The van der Waals surface area contributed by atoms with Crippen LogP contribution in [0.3, 0.4) is 0 Å². The van der Waals surface area contributed by atoms with E-state index in [2.05, 4.69) is 12.2 Å². The second-order valence-corrected chi connectivity index (χ2v) is 9.01. The first-order chi connectivity index (χ1) is 13.8. The molecule has 5 heteroatoms. The van der Waals surface area contributed by atoms with Crippen LogP contribution in [0.15, 0.2) is 12.2 Å².